The van der Waals surface area contributed by atoms with Crippen molar-refractivity contribution in [1.82, 2.24) is 10.2 Å². The summed E-state index contributed by atoms with van der Waals surface area (Å²) >= 11 is 0. The Kier molecular flexibility index (Phi) is 5.18. The van der Waals surface area contributed by atoms with Crippen LogP contribution in [0.2, 0.25) is 0 Å². The van der Waals surface area contributed by atoms with E-state index in [9.17, 15) is 4.79 Å². The molecule has 0 bridgehead atoms. The van der Waals surface area contributed by atoms with Gasteiger partial charge >= 0.3 is 5.97 Å². The van der Waals surface area contributed by atoms with Crippen LogP contribution in [-0.4, -0.2) is 61.4 Å². The molecule has 1 heterocycles. The Morgan fingerprint density at radius 3 is 2.62 bits per heavy atom. The van der Waals surface area contributed by atoms with Gasteiger partial charge in [-0.2, -0.15) is 0 Å². The Morgan fingerprint density at radius 1 is 1.50 bits per heavy atom. The number of carbonyl (C=O) groups is 1. The summed E-state index contributed by atoms with van der Waals surface area (Å²) in [5, 5.41) is 11.9. The average molecular weight is 230 g/mol. The number of carboxylic acids is 1. The predicted molar refractivity (Wildman–Crippen MR) is 61.6 cm³/mol. The van der Waals surface area contributed by atoms with Gasteiger partial charge in [0.1, 0.15) is 5.54 Å². The van der Waals surface area contributed by atoms with Crippen LogP contribution in [0.1, 0.15) is 19.8 Å². The van der Waals surface area contributed by atoms with Crippen molar-refractivity contribution in [3.63, 3.8) is 0 Å². The van der Waals surface area contributed by atoms with E-state index in [-0.39, 0.29) is 0 Å². The molecule has 1 unspecified atom stereocenters. The lowest BCUT2D eigenvalue weighted by Crippen LogP contribution is -2.48. The van der Waals surface area contributed by atoms with Crippen molar-refractivity contribution >= 4 is 5.97 Å². The normalized spacial score (nSPS) is 21.6. The third-order valence-corrected chi connectivity index (χ3v) is 3.28. The lowest BCUT2D eigenvalue weighted by atomic mass is 9.96. The second-order valence-electron chi connectivity index (χ2n) is 4.44. The summed E-state index contributed by atoms with van der Waals surface area (Å²) in [5.41, 5.74) is -0.799. The number of carboxylic acid groups (broad SMARTS) is 1. The number of hydrogen-bond acceptors (Lipinski definition) is 4. The van der Waals surface area contributed by atoms with Gasteiger partial charge in [-0.25, -0.2) is 0 Å². The number of nitrogens with zero attached hydrogens (tertiary/aromatic N) is 1. The lowest BCUT2D eigenvalue weighted by Gasteiger charge is -2.29. The van der Waals surface area contributed by atoms with Gasteiger partial charge in [0.25, 0.3) is 0 Å². The van der Waals surface area contributed by atoms with Crippen molar-refractivity contribution in [3.8, 4) is 0 Å². The topological polar surface area (TPSA) is 61.8 Å². The fraction of sp³-hybridized carbons (Fsp3) is 0.909. The number of aliphatic carboxylic acids is 1. The first-order chi connectivity index (χ1) is 7.58. The number of nitrogens with one attached hydrogen (secondary N) is 1. The molecule has 0 aliphatic carbocycles. The van der Waals surface area contributed by atoms with Gasteiger partial charge in [-0.3, -0.25) is 9.69 Å². The quantitative estimate of drug-likeness (QED) is 0.680. The zero-order chi connectivity index (χ0) is 12.0. The first kappa shape index (κ1) is 13.4. The molecule has 1 rings (SSSR count). The van der Waals surface area contributed by atoms with E-state index in [1.807, 2.05) is 0 Å². The fourth-order valence-electron chi connectivity index (χ4n) is 1.82. The molecule has 1 aliphatic heterocycles. The molecule has 0 saturated carbocycles. The van der Waals surface area contributed by atoms with Crippen LogP contribution in [-0.2, 0) is 9.53 Å². The standard InChI is InChI=1S/C11H22N2O3/c1-11(12-2,10(14)15)4-3-5-13-6-8-16-9-7-13/h12H,3-9H2,1-2H3,(H,14,15). The minimum atomic E-state index is -0.799. The van der Waals surface area contributed by atoms with Crippen molar-refractivity contribution in [2.24, 2.45) is 0 Å². The molecule has 0 amide bonds. The van der Waals surface area contributed by atoms with Gasteiger partial charge in [-0.05, 0) is 33.4 Å². The number of morpholine rings is 1. The van der Waals surface area contributed by atoms with Gasteiger partial charge in [0.05, 0.1) is 13.2 Å². The maximum absolute atomic E-state index is 11.0. The molecule has 1 aliphatic rings. The molecule has 0 spiro atoms. The molecule has 0 aromatic heterocycles. The molecule has 0 radical (unpaired) electrons. The van der Waals surface area contributed by atoms with Gasteiger partial charge < -0.3 is 15.2 Å². The Hall–Kier alpha value is -0.650. The minimum absolute atomic E-state index is 0.649. The third-order valence-electron chi connectivity index (χ3n) is 3.28. The highest BCUT2D eigenvalue weighted by Crippen LogP contribution is 2.13. The van der Waals surface area contributed by atoms with Gasteiger partial charge in [0, 0.05) is 13.1 Å². The predicted octanol–water partition coefficient (Wildman–Crippen LogP) is 0.162. The van der Waals surface area contributed by atoms with E-state index < -0.39 is 11.5 Å². The molecule has 5 nitrogen and oxygen atoms in total. The Morgan fingerprint density at radius 2 is 2.12 bits per heavy atom. The van der Waals surface area contributed by atoms with Crippen LogP contribution in [0.3, 0.4) is 0 Å². The third kappa shape index (κ3) is 3.73. The molecule has 5 heteroatoms. The Labute approximate surface area is 96.8 Å². The summed E-state index contributed by atoms with van der Waals surface area (Å²) in [5.74, 6) is -0.781. The fourth-order valence-corrected chi connectivity index (χ4v) is 1.82. The summed E-state index contributed by atoms with van der Waals surface area (Å²) in [4.78, 5) is 13.4. The van der Waals surface area contributed by atoms with Gasteiger partial charge in [0.2, 0.25) is 0 Å². The van der Waals surface area contributed by atoms with Crippen molar-refractivity contribution in [3.05, 3.63) is 0 Å². The maximum Gasteiger partial charge on any atom is 0.323 e. The molecule has 2 N–H and O–H groups in total. The molecule has 1 fully saturated rings. The van der Waals surface area contributed by atoms with Crippen LogP contribution in [0.5, 0.6) is 0 Å². The maximum atomic E-state index is 11.0. The minimum Gasteiger partial charge on any atom is -0.480 e. The summed E-state index contributed by atoms with van der Waals surface area (Å²) in [6.07, 6.45) is 1.54. The largest absolute Gasteiger partial charge is 0.480 e. The molecule has 0 aromatic rings. The number of hydrogen-bond donors (Lipinski definition) is 2. The van der Waals surface area contributed by atoms with Crippen LogP contribution in [0.4, 0.5) is 0 Å². The second kappa shape index (κ2) is 6.18. The van der Waals surface area contributed by atoms with Crippen LogP contribution in [0, 0.1) is 0 Å². The van der Waals surface area contributed by atoms with Gasteiger partial charge in [0.15, 0.2) is 0 Å². The molecule has 94 valence electrons. The molecule has 1 atom stereocenters. The molecular weight excluding hydrogens is 208 g/mol. The van der Waals surface area contributed by atoms with E-state index in [1.165, 1.54) is 0 Å². The van der Waals surface area contributed by atoms with Crippen molar-refractivity contribution in [2.45, 2.75) is 25.3 Å². The smallest absolute Gasteiger partial charge is 0.323 e. The summed E-state index contributed by atoms with van der Waals surface area (Å²) in [7, 11) is 1.70. The molecule has 16 heavy (non-hydrogen) atoms. The molecule has 1 saturated heterocycles. The van der Waals surface area contributed by atoms with E-state index in [4.69, 9.17) is 9.84 Å². The number of rotatable bonds is 6. The Bertz CT molecular complexity index is 229. The van der Waals surface area contributed by atoms with E-state index in [1.54, 1.807) is 14.0 Å². The number of ether oxygens (including phenoxy) is 1. The van der Waals surface area contributed by atoms with Crippen molar-refractivity contribution < 1.29 is 14.6 Å². The summed E-state index contributed by atoms with van der Waals surface area (Å²) in [6.45, 7) is 6.19. The monoisotopic (exact) mass is 230 g/mol. The van der Waals surface area contributed by atoms with Crippen molar-refractivity contribution in [2.75, 3.05) is 39.9 Å². The van der Waals surface area contributed by atoms with Crippen LogP contribution in [0.25, 0.3) is 0 Å². The summed E-state index contributed by atoms with van der Waals surface area (Å²) in [6, 6.07) is 0. The van der Waals surface area contributed by atoms with E-state index >= 15 is 0 Å². The highest BCUT2D eigenvalue weighted by atomic mass is 16.5. The highest BCUT2D eigenvalue weighted by Gasteiger charge is 2.30. The van der Waals surface area contributed by atoms with Crippen LogP contribution in [0.15, 0.2) is 0 Å². The van der Waals surface area contributed by atoms with E-state index in [0.29, 0.717) is 6.42 Å². The first-order valence-electron chi connectivity index (χ1n) is 5.81. The van der Waals surface area contributed by atoms with Crippen LogP contribution < -0.4 is 5.32 Å². The summed E-state index contributed by atoms with van der Waals surface area (Å²) < 4.78 is 5.26. The second-order valence-corrected chi connectivity index (χ2v) is 4.44. The zero-order valence-electron chi connectivity index (χ0n) is 10.2. The molecule has 0 aromatic carbocycles. The highest BCUT2D eigenvalue weighted by molar-refractivity contribution is 5.78. The zero-order valence-corrected chi connectivity index (χ0v) is 10.2. The SMILES string of the molecule is CNC(C)(CCCN1CCOCC1)C(=O)O. The van der Waals surface area contributed by atoms with Gasteiger partial charge in [-0.15, -0.1) is 0 Å². The van der Waals surface area contributed by atoms with Gasteiger partial charge in [-0.1, -0.05) is 0 Å². The lowest BCUT2D eigenvalue weighted by molar-refractivity contribution is -0.144. The van der Waals surface area contributed by atoms with Crippen molar-refractivity contribution in [1.29, 1.82) is 0 Å². The van der Waals surface area contributed by atoms with E-state index in [2.05, 4.69) is 10.2 Å². The average Bonchev–Trinajstić information content (AvgIpc) is 2.30. The first-order valence-corrected chi connectivity index (χ1v) is 5.81. The van der Waals surface area contributed by atoms with E-state index in [0.717, 1.165) is 39.3 Å². The number of likely N-dealkylation sites (N-methyl/N-ethyl adjacent to an activating group) is 1. The van der Waals surface area contributed by atoms with Crippen LogP contribution >= 0.6 is 0 Å². The molecular formula is C11H22N2O3. The Balaban J connectivity index is 2.25.